The van der Waals surface area contributed by atoms with Gasteiger partial charge >= 0.3 is 5.97 Å². The summed E-state index contributed by atoms with van der Waals surface area (Å²) in [6.45, 7) is 10.2. The second-order valence-corrected chi connectivity index (χ2v) is 9.13. The van der Waals surface area contributed by atoms with Crippen molar-refractivity contribution in [3.05, 3.63) is 60.2 Å². The Morgan fingerprint density at radius 1 is 1.25 bits per heavy atom. The summed E-state index contributed by atoms with van der Waals surface area (Å²) in [6, 6.07) is 6.88. The van der Waals surface area contributed by atoms with E-state index < -0.39 is 12.0 Å². The molecule has 0 aliphatic rings. The van der Waals surface area contributed by atoms with Crippen LogP contribution in [-0.4, -0.2) is 43.6 Å². The van der Waals surface area contributed by atoms with E-state index in [1.807, 2.05) is 36.6 Å². The van der Waals surface area contributed by atoms with Crippen molar-refractivity contribution in [3.63, 3.8) is 0 Å². The molecule has 176 valence electrons. The highest BCUT2D eigenvalue weighted by Crippen LogP contribution is 2.28. The number of ether oxygens (including phenoxy) is 2. The monoisotopic (exact) mass is 459 g/mol. The number of methoxy groups -OCH3 is 1. The SMILES string of the molecule is C=C[C@@](C)(/C=C/c1ccc(OCC(=O)N[C@@H](CCSC)C(=O)OC)cc1)CCC=C(C)C. The molecule has 1 rings (SSSR count). The summed E-state index contributed by atoms with van der Waals surface area (Å²) in [5.74, 6) is 0.529. The largest absolute Gasteiger partial charge is 0.484 e. The van der Waals surface area contributed by atoms with Crippen molar-refractivity contribution in [3.8, 4) is 5.75 Å². The van der Waals surface area contributed by atoms with Gasteiger partial charge in [-0.2, -0.15) is 11.8 Å². The Morgan fingerprint density at radius 2 is 1.94 bits per heavy atom. The molecule has 0 saturated heterocycles. The van der Waals surface area contributed by atoms with E-state index in [-0.39, 0.29) is 17.9 Å². The van der Waals surface area contributed by atoms with Crippen LogP contribution < -0.4 is 10.1 Å². The highest BCUT2D eigenvalue weighted by molar-refractivity contribution is 7.98. The van der Waals surface area contributed by atoms with Gasteiger partial charge < -0.3 is 14.8 Å². The predicted octanol–water partition coefficient (Wildman–Crippen LogP) is 5.43. The van der Waals surface area contributed by atoms with Gasteiger partial charge in [-0.05, 0) is 62.8 Å². The van der Waals surface area contributed by atoms with Crippen LogP contribution >= 0.6 is 11.8 Å². The fourth-order valence-corrected chi connectivity index (χ4v) is 3.37. The average molecular weight is 460 g/mol. The van der Waals surface area contributed by atoms with E-state index in [1.165, 1.54) is 12.7 Å². The van der Waals surface area contributed by atoms with Crippen LogP contribution in [-0.2, 0) is 14.3 Å². The Labute approximate surface area is 197 Å². The molecule has 2 atom stereocenters. The number of esters is 1. The summed E-state index contributed by atoms with van der Waals surface area (Å²) >= 11 is 1.60. The zero-order chi connectivity index (χ0) is 24.0. The minimum Gasteiger partial charge on any atom is -0.484 e. The number of thioether (sulfide) groups is 1. The normalized spacial score (nSPS) is 13.7. The molecule has 0 spiro atoms. The molecule has 0 aliphatic heterocycles. The lowest BCUT2D eigenvalue weighted by Gasteiger charge is -2.20. The molecule has 0 aromatic heterocycles. The van der Waals surface area contributed by atoms with E-state index in [9.17, 15) is 9.59 Å². The molecule has 0 heterocycles. The van der Waals surface area contributed by atoms with Crippen molar-refractivity contribution in [1.82, 2.24) is 5.32 Å². The summed E-state index contributed by atoms with van der Waals surface area (Å²) < 4.78 is 10.3. The van der Waals surface area contributed by atoms with Gasteiger partial charge in [0, 0.05) is 5.41 Å². The van der Waals surface area contributed by atoms with Crippen LogP contribution in [0.1, 0.15) is 45.6 Å². The minimum absolute atomic E-state index is 0.0777. The summed E-state index contributed by atoms with van der Waals surface area (Å²) in [5.41, 5.74) is 2.29. The average Bonchev–Trinajstić information content (AvgIpc) is 2.79. The van der Waals surface area contributed by atoms with Gasteiger partial charge in [0.05, 0.1) is 7.11 Å². The second kappa shape index (κ2) is 14.6. The highest BCUT2D eigenvalue weighted by Gasteiger charge is 2.21. The van der Waals surface area contributed by atoms with Gasteiger partial charge in [0.15, 0.2) is 6.61 Å². The van der Waals surface area contributed by atoms with Gasteiger partial charge in [-0.1, -0.05) is 48.9 Å². The molecule has 0 aliphatic carbocycles. The first kappa shape index (κ1) is 27.6. The third kappa shape index (κ3) is 10.7. The van der Waals surface area contributed by atoms with Crippen molar-refractivity contribution >= 4 is 29.7 Å². The lowest BCUT2D eigenvalue weighted by molar-refractivity contribution is -0.145. The molecule has 0 unspecified atom stereocenters. The van der Waals surface area contributed by atoms with Crippen LogP contribution in [0.3, 0.4) is 0 Å². The van der Waals surface area contributed by atoms with E-state index in [0.29, 0.717) is 12.2 Å². The van der Waals surface area contributed by atoms with Gasteiger partial charge in [0.25, 0.3) is 5.91 Å². The van der Waals surface area contributed by atoms with Crippen molar-refractivity contribution in [2.75, 3.05) is 25.7 Å². The topological polar surface area (TPSA) is 64.6 Å². The lowest BCUT2D eigenvalue weighted by atomic mass is 9.84. The number of hydrogen-bond acceptors (Lipinski definition) is 5. The third-order valence-corrected chi connectivity index (χ3v) is 5.68. The Bertz CT molecular complexity index is 797. The van der Waals surface area contributed by atoms with Gasteiger partial charge in [-0.15, -0.1) is 6.58 Å². The third-order valence-electron chi connectivity index (χ3n) is 5.04. The van der Waals surface area contributed by atoms with E-state index in [1.54, 1.807) is 11.8 Å². The molecular weight excluding hydrogens is 422 g/mol. The predicted molar refractivity (Wildman–Crippen MR) is 135 cm³/mol. The van der Waals surface area contributed by atoms with Gasteiger partial charge in [0.2, 0.25) is 0 Å². The maximum absolute atomic E-state index is 12.2. The van der Waals surface area contributed by atoms with Crippen LogP contribution in [0, 0.1) is 5.41 Å². The zero-order valence-electron chi connectivity index (χ0n) is 20.0. The Balaban J connectivity index is 2.61. The van der Waals surface area contributed by atoms with E-state index >= 15 is 0 Å². The highest BCUT2D eigenvalue weighted by atomic mass is 32.2. The van der Waals surface area contributed by atoms with Crippen molar-refractivity contribution in [2.24, 2.45) is 5.41 Å². The van der Waals surface area contributed by atoms with Crippen molar-refractivity contribution < 1.29 is 19.1 Å². The maximum Gasteiger partial charge on any atom is 0.328 e. The molecule has 1 aromatic rings. The number of amides is 1. The summed E-state index contributed by atoms with van der Waals surface area (Å²) in [6.07, 6.45) is 12.9. The maximum atomic E-state index is 12.2. The summed E-state index contributed by atoms with van der Waals surface area (Å²) in [4.78, 5) is 24.0. The first-order valence-electron chi connectivity index (χ1n) is 10.8. The molecule has 0 bridgehead atoms. The fourth-order valence-electron chi connectivity index (χ4n) is 2.90. The number of allylic oxidation sites excluding steroid dienone is 4. The first-order valence-corrected chi connectivity index (χ1v) is 12.2. The van der Waals surface area contributed by atoms with E-state index in [4.69, 9.17) is 9.47 Å². The fraction of sp³-hybridized carbons (Fsp3) is 0.462. The Morgan fingerprint density at radius 3 is 2.50 bits per heavy atom. The molecular formula is C26H37NO4S. The van der Waals surface area contributed by atoms with E-state index in [0.717, 1.165) is 24.2 Å². The van der Waals surface area contributed by atoms with Gasteiger partial charge in [-0.3, -0.25) is 4.79 Å². The number of carbonyl (C=O) groups excluding carboxylic acids is 2. The van der Waals surface area contributed by atoms with Crippen LogP contribution in [0.4, 0.5) is 0 Å². The Kier molecular flexibility index (Phi) is 12.5. The summed E-state index contributed by atoms with van der Waals surface area (Å²) in [5, 5.41) is 2.67. The zero-order valence-corrected chi connectivity index (χ0v) is 20.8. The molecule has 1 aromatic carbocycles. The smallest absolute Gasteiger partial charge is 0.328 e. The lowest BCUT2D eigenvalue weighted by Crippen LogP contribution is -2.43. The summed E-state index contributed by atoms with van der Waals surface area (Å²) in [7, 11) is 1.31. The Hall–Kier alpha value is -2.47. The van der Waals surface area contributed by atoms with E-state index in [2.05, 4.69) is 50.9 Å². The molecule has 5 nitrogen and oxygen atoms in total. The molecule has 0 saturated carbocycles. The molecule has 0 radical (unpaired) electrons. The van der Waals surface area contributed by atoms with Crippen molar-refractivity contribution in [1.29, 1.82) is 0 Å². The van der Waals surface area contributed by atoms with Crippen LogP contribution in [0.25, 0.3) is 6.08 Å². The van der Waals surface area contributed by atoms with Crippen LogP contribution in [0.15, 0.2) is 54.6 Å². The molecule has 1 amide bonds. The molecule has 6 heteroatoms. The minimum atomic E-state index is -0.660. The second-order valence-electron chi connectivity index (χ2n) is 8.15. The number of carbonyl (C=O) groups is 2. The first-order chi connectivity index (χ1) is 15.2. The molecule has 0 fully saturated rings. The number of hydrogen-bond donors (Lipinski definition) is 1. The molecule has 1 N–H and O–H groups in total. The van der Waals surface area contributed by atoms with Gasteiger partial charge in [0.1, 0.15) is 11.8 Å². The van der Waals surface area contributed by atoms with Crippen LogP contribution in [0.5, 0.6) is 5.75 Å². The quantitative estimate of drug-likeness (QED) is 0.297. The number of nitrogens with one attached hydrogen (secondary N) is 1. The van der Waals surface area contributed by atoms with Gasteiger partial charge in [-0.25, -0.2) is 4.79 Å². The van der Waals surface area contributed by atoms with Crippen molar-refractivity contribution in [2.45, 2.75) is 46.1 Å². The number of rotatable bonds is 14. The standard InChI is InChI=1S/C26H37NO4S/c1-7-26(4,16-8-9-20(2)3)17-14-21-10-12-22(13-11-21)31-19-24(28)27-23(15-18-32-6)25(29)30-5/h7,9-14,17,23H,1,8,15-16,18-19H2,2-6H3,(H,27,28)/b17-14+/t23-,26+/m0/s1. The molecule has 32 heavy (non-hydrogen) atoms. The number of benzene rings is 1. The van der Waals surface area contributed by atoms with Crippen LogP contribution in [0.2, 0.25) is 0 Å².